The second-order valence-corrected chi connectivity index (χ2v) is 6.29. The highest BCUT2D eigenvalue weighted by Crippen LogP contribution is 2.36. The molecule has 0 saturated heterocycles. The van der Waals surface area contributed by atoms with Crippen molar-refractivity contribution in [3.8, 4) is 5.75 Å². The molecule has 0 aliphatic carbocycles. The predicted molar refractivity (Wildman–Crippen MR) is 90.9 cm³/mol. The van der Waals surface area contributed by atoms with Gasteiger partial charge in [0.05, 0.1) is 17.8 Å². The van der Waals surface area contributed by atoms with Crippen molar-refractivity contribution in [3.63, 3.8) is 0 Å². The number of nitrogens with zero attached hydrogens (tertiary/aromatic N) is 4. The largest absolute Gasteiger partial charge is 0.487 e. The Morgan fingerprint density at radius 2 is 2.12 bits per heavy atom. The average Bonchev–Trinajstić information content (AvgIpc) is 2.94. The quantitative estimate of drug-likeness (QED) is 0.681. The number of ether oxygens (including phenoxy) is 1. The number of hydrogen-bond acceptors (Lipinski definition) is 4. The molecule has 24 heavy (non-hydrogen) atoms. The first-order valence-corrected chi connectivity index (χ1v) is 8.00. The summed E-state index contributed by atoms with van der Waals surface area (Å²) in [6, 6.07) is 8.85. The molecule has 1 aromatic carbocycles. The highest BCUT2D eigenvalue weighted by Gasteiger charge is 2.29. The molecule has 1 aliphatic heterocycles. The zero-order valence-corrected chi connectivity index (χ0v) is 14.0. The smallest absolute Gasteiger partial charge is 0.260 e. The van der Waals surface area contributed by atoms with E-state index < -0.39 is 0 Å². The van der Waals surface area contributed by atoms with Gasteiger partial charge in [-0.2, -0.15) is 0 Å². The molecule has 1 unspecified atom stereocenters. The molecule has 0 spiro atoms. The SMILES string of the molecule is Cc1nnc2ccc(C(=O)N3CC(C)Oc4ccc(Cl)cc43)cn12. The van der Waals surface area contributed by atoms with Crippen LogP contribution in [0.2, 0.25) is 5.02 Å². The Bertz CT molecular complexity index is 953. The van der Waals surface area contributed by atoms with E-state index in [9.17, 15) is 4.79 Å². The van der Waals surface area contributed by atoms with Gasteiger partial charge in [-0.1, -0.05) is 11.6 Å². The molecule has 3 aromatic rings. The fourth-order valence-electron chi connectivity index (χ4n) is 2.89. The Morgan fingerprint density at radius 1 is 1.29 bits per heavy atom. The molecule has 2 aromatic heterocycles. The maximum atomic E-state index is 13.1. The number of carbonyl (C=O) groups excluding carboxylic acids is 1. The van der Waals surface area contributed by atoms with E-state index in [1.165, 1.54) is 0 Å². The standard InChI is InChI=1S/C17H15ClN4O2/c1-10-8-22(14-7-13(18)4-5-15(14)24-10)17(23)12-3-6-16-20-19-11(2)21(16)9-12/h3-7,9-10H,8H2,1-2H3. The van der Waals surface area contributed by atoms with Crippen molar-refractivity contribution in [2.45, 2.75) is 20.0 Å². The fourth-order valence-corrected chi connectivity index (χ4v) is 3.06. The first-order chi connectivity index (χ1) is 11.5. The monoisotopic (exact) mass is 342 g/mol. The Labute approximate surface area is 143 Å². The Hall–Kier alpha value is -2.60. The van der Waals surface area contributed by atoms with Crippen LogP contribution in [0, 0.1) is 6.92 Å². The maximum Gasteiger partial charge on any atom is 0.260 e. The third-order valence-corrected chi connectivity index (χ3v) is 4.28. The molecule has 1 amide bonds. The number of carbonyl (C=O) groups is 1. The van der Waals surface area contributed by atoms with E-state index >= 15 is 0 Å². The predicted octanol–water partition coefficient (Wildman–Crippen LogP) is 3.12. The van der Waals surface area contributed by atoms with Gasteiger partial charge >= 0.3 is 0 Å². The van der Waals surface area contributed by atoms with Gasteiger partial charge in [-0.15, -0.1) is 10.2 Å². The van der Waals surface area contributed by atoms with Crippen LogP contribution in [0.5, 0.6) is 5.75 Å². The van der Waals surface area contributed by atoms with E-state index in [-0.39, 0.29) is 12.0 Å². The van der Waals surface area contributed by atoms with Crippen LogP contribution in [0.25, 0.3) is 5.65 Å². The van der Waals surface area contributed by atoms with Crippen molar-refractivity contribution >= 4 is 28.8 Å². The van der Waals surface area contributed by atoms with Gasteiger partial charge in [-0.3, -0.25) is 9.20 Å². The molecule has 0 saturated carbocycles. The molecule has 0 N–H and O–H groups in total. The second kappa shape index (κ2) is 5.49. The maximum absolute atomic E-state index is 13.1. The van der Waals surface area contributed by atoms with Crippen LogP contribution in [0.15, 0.2) is 36.5 Å². The topological polar surface area (TPSA) is 59.7 Å². The number of hydrogen-bond donors (Lipinski definition) is 0. The summed E-state index contributed by atoms with van der Waals surface area (Å²) in [6.07, 6.45) is 1.67. The van der Waals surface area contributed by atoms with Gasteiger partial charge in [0.2, 0.25) is 0 Å². The molecular formula is C17H15ClN4O2. The normalized spacial score (nSPS) is 16.8. The summed E-state index contributed by atoms with van der Waals surface area (Å²) >= 11 is 6.10. The minimum Gasteiger partial charge on any atom is -0.487 e. The van der Waals surface area contributed by atoms with Crippen molar-refractivity contribution < 1.29 is 9.53 Å². The average molecular weight is 343 g/mol. The molecule has 1 atom stereocenters. The van der Waals surface area contributed by atoms with Crippen molar-refractivity contribution in [3.05, 3.63) is 52.9 Å². The van der Waals surface area contributed by atoms with E-state index in [4.69, 9.17) is 16.3 Å². The van der Waals surface area contributed by atoms with Gasteiger partial charge in [0.15, 0.2) is 5.65 Å². The number of aryl methyl sites for hydroxylation is 1. The molecule has 1 aliphatic rings. The van der Waals surface area contributed by atoms with Crippen molar-refractivity contribution in [1.29, 1.82) is 0 Å². The number of aromatic nitrogens is 3. The van der Waals surface area contributed by atoms with E-state index in [0.29, 0.717) is 34.2 Å². The van der Waals surface area contributed by atoms with Crippen molar-refractivity contribution in [1.82, 2.24) is 14.6 Å². The molecule has 0 bridgehead atoms. The van der Waals surface area contributed by atoms with Crippen molar-refractivity contribution in [2.24, 2.45) is 0 Å². The molecule has 0 fully saturated rings. The van der Waals surface area contributed by atoms with Crippen LogP contribution < -0.4 is 9.64 Å². The highest BCUT2D eigenvalue weighted by atomic mass is 35.5. The Morgan fingerprint density at radius 3 is 2.96 bits per heavy atom. The van der Waals surface area contributed by atoms with Crippen LogP contribution in [0.3, 0.4) is 0 Å². The lowest BCUT2D eigenvalue weighted by molar-refractivity contribution is 0.0960. The van der Waals surface area contributed by atoms with Crippen LogP contribution >= 0.6 is 11.6 Å². The van der Waals surface area contributed by atoms with Crippen LogP contribution in [0.1, 0.15) is 23.1 Å². The van der Waals surface area contributed by atoms with Crippen LogP contribution in [0.4, 0.5) is 5.69 Å². The van der Waals surface area contributed by atoms with Gasteiger partial charge in [0.25, 0.3) is 5.91 Å². The third-order valence-electron chi connectivity index (χ3n) is 4.04. The van der Waals surface area contributed by atoms with E-state index in [2.05, 4.69) is 10.2 Å². The Balaban J connectivity index is 1.78. The number of halogens is 1. The molecule has 6 nitrogen and oxygen atoms in total. The number of anilines is 1. The summed E-state index contributed by atoms with van der Waals surface area (Å²) in [4.78, 5) is 14.8. The summed E-state index contributed by atoms with van der Waals surface area (Å²) in [7, 11) is 0. The minimum absolute atomic E-state index is 0.0944. The van der Waals surface area contributed by atoms with Gasteiger partial charge in [-0.25, -0.2) is 0 Å². The summed E-state index contributed by atoms with van der Waals surface area (Å²) < 4.78 is 7.60. The van der Waals surface area contributed by atoms with Crippen molar-refractivity contribution in [2.75, 3.05) is 11.4 Å². The summed E-state index contributed by atoms with van der Waals surface area (Å²) in [5, 5.41) is 8.62. The summed E-state index contributed by atoms with van der Waals surface area (Å²) in [5.74, 6) is 1.29. The first kappa shape index (κ1) is 15.0. The second-order valence-electron chi connectivity index (χ2n) is 5.85. The summed E-state index contributed by atoms with van der Waals surface area (Å²) in [6.45, 7) is 4.25. The van der Waals surface area contributed by atoms with Gasteiger partial charge < -0.3 is 9.64 Å². The molecule has 3 heterocycles. The lowest BCUT2D eigenvalue weighted by Gasteiger charge is -2.33. The lowest BCUT2D eigenvalue weighted by Crippen LogP contribution is -2.42. The van der Waals surface area contributed by atoms with E-state index in [1.807, 2.05) is 13.8 Å². The molecule has 0 radical (unpaired) electrons. The van der Waals surface area contributed by atoms with Gasteiger partial charge in [0.1, 0.15) is 17.7 Å². The molecular weight excluding hydrogens is 328 g/mol. The third kappa shape index (κ3) is 2.39. The van der Waals surface area contributed by atoms with Crippen LogP contribution in [-0.4, -0.2) is 33.2 Å². The highest BCUT2D eigenvalue weighted by molar-refractivity contribution is 6.31. The summed E-state index contributed by atoms with van der Waals surface area (Å²) in [5.41, 5.74) is 1.96. The molecule has 7 heteroatoms. The zero-order valence-electron chi connectivity index (χ0n) is 13.2. The fraction of sp³-hybridized carbons (Fsp3) is 0.235. The first-order valence-electron chi connectivity index (χ1n) is 7.62. The van der Waals surface area contributed by atoms with E-state index in [0.717, 1.165) is 5.82 Å². The number of fused-ring (bicyclic) bond motifs is 2. The lowest BCUT2D eigenvalue weighted by atomic mass is 10.1. The molecule has 4 rings (SSSR count). The molecule has 122 valence electrons. The zero-order chi connectivity index (χ0) is 16.8. The minimum atomic E-state index is -0.108. The number of amides is 1. The number of pyridine rings is 1. The number of benzene rings is 1. The van der Waals surface area contributed by atoms with Gasteiger partial charge in [0, 0.05) is 11.2 Å². The van der Waals surface area contributed by atoms with Crippen LogP contribution in [-0.2, 0) is 0 Å². The number of rotatable bonds is 1. The Kier molecular flexibility index (Phi) is 3.42. The van der Waals surface area contributed by atoms with E-state index in [1.54, 1.807) is 45.8 Å². The van der Waals surface area contributed by atoms with Gasteiger partial charge in [-0.05, 0) is 44.2 Å².